The van der Waals surface area contributed by atoms with Gasteiger partial charge in [-0.25, -0.2) is 4.79 Å². The van der Waals surface area contributed by atoms with E-state index in [1.807, 2.05) is 18.2 Å². The Hall–Kier alpha value is -3.20. The number of primary amides is 1. The van der Waals surface area contributed by atoms with Gasteiger partial charge in [0.05, 0.1) is 6.04 Å². The highest BCUT2D eigenvalue weighted by atomic mass is 19.4. The van der Waals surface area contributed by atoms with E-state index in [0.717, 1.165) is 55.7 Å². The zero-order chi connectivity index (χ0) is 29.1. The van der Waals surface area contributed by atoms with Gasteiger partial charge < -0.3 is 20.3 Å². The first-order chi connectivity index (χ1) is 18.8. The molecule has 2 aromatic rings. The molecule has 0 bridgehead atoms. The van der Waals surface area contributed by atoms with Crippen LogP contribution in [0.15, 0.2) is 66.9 Å². The number of benzene rings is 2. The van der Waals surface area contributed by atoms with Crippen molar-refractivity contribution >= 4 is 6.03 Å². The fourth-order valence-electron chi connectivity index (χ4n) is 6.07. The molecular weight excluding hydrogens is 517 g/mol. The van der Waals surface area contributed by atoms with Gasteiger partial charge in [-0.2, -0.15) is 0 Å². The molecule has 2 fully saturated rings. The lowest BCUT2D eigenvalue weighted by Crippen LogP contribution is -2.58. The Morgan fingerprint density at radius 2 is 1.57 bits per heavy atom. The molecule has 2 atom stereocenters. The summed E-state index contributed by atoms with van der Waals surface area (Å²) in [6.45, 7) is 15.0. The molecule has 9 heteroatoms. The van der Waals surface area contributed by atoms with Crippen LogP contribution in [0.1, 0.15) is 57.2 Å². The van der Waals surface area contributed by atoms with Gasteiger partial charge in [-0.05, 0) is 53.9 Å². The fraction of sp³-hybridized carbons (Fsp3) is 0.516. The number of carbonyl (C=O) groups is 1. The van der Waals surface area contributed by atoms with Gasteiger partial charge in [0.15, 0.2) is 0 Å². The number of hydrogen-bond acceptors (Lipinski definition) is 4. The minimum Gasteiger partial charge on any atom is -0.406 e. The van der Waals surface area contributed by atoms with Gasteiger partial charge >= 0.3 is 12.4 Å². The standard InChI is InChI=1S/C31H41F3N4O2/c1-22(20-23-14-16-36(17-15-23)29(35)39)38-19-18-37(21-27(38)30(2,3)4)28(24-8-6-5-7-9-24)25-10-12-26(13-11-25)40-31(32,33)34/h5-13,23,27-28H,1,14-21H2,2-4H3,(H2,35,39). The Morgan fingerprint density at radius 1 is 0.975 bits per heavy atom. The smallest absolute Gasteiger partial charge is 0.406 e. The number of nitrogens with two attached hydrogens (primary N) is 1. The molecule has 2 heterocycles. The third kappa shape index (κ3) is 7.50. The molecule has 4 rings (SSSR count). The van der Waals surface area contributed by atoms with Crippen LogP contribution in [0.3, 0.4) is 0 Å². The molecule has 0 saturated carbocycles. The number of piperazine rings is 1. The third-order valence-corrected chi connectivity index (χ3v) is 8.18. The van der Waals surface area contributed by atoms with E-state index in [4.69, 9.17) is 5.73 Å². The van der Waals surface area contributed by atoms with Crippen molar-refractivity contribution in [2.45, 2.75) is 58.5 Å². The van der Waals surface area contributed by atoms with Crippen molar-refractivity contribution in [3.8, 4) is 5.75 Å². The van der Waals surface area contributed by atoms with Gasteiger partial charge in [0.2, 0.25) is 0 Å². The minimum atomic E-state index is -4.72. The van der Waals surface area contributed by atoms with E-state index in [0.29, 0.717) is 19.0 Å². The highest BCUT2D eigenvalue weighted by Gasteiger charge is 2.39. The molecule has 0 radical (unpaired) electrons. The molecule has 218 valence electrons. The summed E-state index contributed by atoms with van der Waals surface area (Å²) in [5, 5.41) is 0. The van der Waals surface area contributed by atoms with Crippen LogP contribution in [0.2, 0.25) is 0 Å². The first-order valence-electron chi connectivity index (χ1n) is 14.0. The molecular formula is C31H41F3N4O2. The second kappa shape index (κ2) is 12.1. The highest BCUT2D eigenvalue weighted by Crippen LogP contribution is 2.38. The van der Waals surface area contributed by atoms with Crippen molar-refractivity contribution < 1.29 is 22.7 Å². The van der Waals surface area contributed by atoms with Crippen molar-refractivity contribution in [1.29, 1.82) is 0 Å². The summed E-state index contributed by atoms with van der Waals surface area (Å²) in [7, 11) is 0. The van der Waals surface area contributed by atoms with Gasteiger partial charge in [0.25, 0.3) is 0 Å². The number of alkyl halides is 3. The van der Waals surface area contributed by atoms with Gasteiger partial charge in [-0.3, -0.25) is 4.90 Å². The number of halogens is 3. The normalized spacial score (nSPS) is 20.3. The molecule has 6 nitrogen and oxygen atoms in total. The Morgan fingerprint density at radius 3 is 2.12 bits per heavy atom. The van der Waals surface area contributed by atoms with Crippen LogP contribution in [0, 0.1) is 11.3 Å². The lowest BCUT2D eigenvalue weighted by atomic mass is 9.82. The van der Waals surface area contributed by atoms with Crippen LogP contribution >= 0.6 is 0 Å². The summed E-state index contributed by atoms with van der Waals surface area (Å²) in [5.74, 6) is 0.245. The molecule has 2 aromatic carbocycles. The predicted molar refractivity (Wildman–Crippen MR) is 151 cm³/mol. The number of hydrogen-bond donors (Lipinski definition) is 1. The molecule has 0 spiro atoms. The average Bonchev–Trinajstić information content (AvgIpc) is 2.89. The molecule has 40 heavy (non-hydrogen) atoms. The summed E-state index contributed by atoms with van der Waals surface area (Å²) >= 11 is 0. The van der Waals surface area contributed by atoms with Crippen molar-refractivity contribution in [2.24, 2.45) is 17.1 Å². The summed E-state index contributed by atoms with van der Waals surface area (Å²) in [6.07, 6.45) is -1.99. The molecule has 0 aromatic heterocycles. The Bertz CT molecular complexity index is 1140. The number of amides is 2. The van der Waals surface area contributed by atoms with Gasteiger partial charge in [0.1, 0.15) is 5.75 Å². The molecule has 2 unspecified atom stereocenters. The fourth-order valence-corrected chi connectivity index (χ4v) is 6.07. The van der Waals surface area contributed by atoms with Crippen LogP contribution in [0.5, 0.6) is 5.75 Å². The molecule has 0 aliphatic carbocycles. The SMILES string of the molecule is C=C(CC1CCN(C(N)=O)CC1)N1CCN(C(c2ccccc2)c2ccc(OC(F)(F)F)cc2)CC1C(C)(C)C. The molecule has 2 N–H and O–H groups in total. The Labute approximate surface area is 235 Å². The van der Waals surface area contributed by atoms with Crippen molar-refractivity contribution in [3.05, 3.63) is 78.0 Å². The predicted octanol–water partition coefficient (Wildman–Crippen LogP) is 6.40. The van der Waals surface area contributed by atoms with Crippen LogP contribution in [0.4, 0.5) is 18.0 Å². The number of likely N-dealkylation sites (tertiary alicyclic amines) is 1. The number of piperidine rings is 1. The van der Waals surface area contributed by atoms with E-state index in [1.165, 1.54) is 12.1 Å². The number of urea groups is 1. The van der Waals surface area contributed by atoms with E-state index >= 15 is 0 Å². The van der Waals surface area contributed by atoms with Crippen molar-refractivity contribution in [2.75, 3.05) is 32.7 Å². The number of rotatable bonds is 7. The lowest BCUT2D eigenvalue weighted by molar-refractivity contribution is -0.274. The first kappa shape index (κ1) is 29.8. The number of nitrogens with zero attached hydrogens (tertiary/aromatic N) is 3. The largest absolute Gasteiger partial charge is 0.573 e. The van der Waals surface area contributed by atoms with Crippen LogP contribution in [0.25, 0.3) is 0 Å². The molecule has 2 saturated heterocycles. The van der Waals surface area contributed by atoms with E-state index in [1.54, 1.807) is 17.0 Å². The third-order valence-electron chi connectivity index (χ3n) is 8.18. The summed E-state index contributed by atoms with van der Waals surface area (Å²) in [6, 6.07) is 16.1. The number of ether oxygens (including phenoxy) is 1. The quantitative estimate of drug-likeness (QED) is 0.427. The van der Waals surface area contributed by atoms with Crippen LogP contribution < -0.4 is 10.5 Å². The Kier molecular flexibility index (Phi) is 9.02. The summed E-state index contributed by atoms with van der Waals surface area (Å²) < 4.78 is 42.4. The maximum atomic E-state index is 12.7. The van der Waals surface area contributed by atoms with Crippen molar-refractivity contribution in [1.82, 2.24) is 14.7 Å². The van der Waals surface area contributed by atoms with Gasteiger partial charge in [0, 0.05) is 44.5 Å². The second-order valence-electron chi connectivity index (χ2n) is 12.0. The molecule has 2 amide bonds. The van der Waals surface area contributed by atoms with Crippen LogP contribution in [-0.4, -0.2) is 65.9 Å². The van der Waals surface area contributed by atoms with Crippen LogP contribution in [-0.2, 0) is 0 Å². The maximum absolute atomic E-state index is 12.7. The average molecular weight is 559 g/mol. The minimum absolute atomic E-state index is 0.0391. The topological polar surface area (TPSA) is 62.0 Å². The Balaban J connectivity index is 1.53. The van der Waals surface area contributed by atoms with E-state index in [2.05, 4.69) is 54.0 Å². The second-order valence-corrected chi connectivity index (χ2v) is 12.0. The maximum Gasteiger partial charge on any atom is 0.573 e. The molecule has 2 aliphatic rings. The summed E-state index contributed by atoms with van der Waals surface area (Å²) in [5.41, 5.74) is 8.55. The van der Waals surface area contributed by atoms with E-state index < -0.39 is 6.36 Å². The highest BCUT2D eigenvalue weighted by molar-refractivity contribution is 5.72. The monoisotopic (exact) mass is 558 g/mol. The zero-order valence-electron chi connectivity index (χ0n) is 23.7. The number of allylic oxidation sites excluding steroid dienone is 1. The zero-order valence-corrected chi connectivity index (χ0v) is 23.7. The lowest BCUT2D eigenvalue weighted by Gasteiger charge is -2.51. The van der Waals surface area contributed by atoms with Gasteiger partial charge in [-0.1, -0.05) is 69.8 Å². The van der Waals surface area contributed by atoms with E-state index in [-0.39, 0.29) is 29.3 Å². The van der Waals surface area contributed by atoms with Crippen molar-refractivity contribution in [3.63, 3.8) is 0 Å². The summed E-state index contributed by atoms with van der Waals surface area (Å²) in [4.78, 5) is 18.1. The van der Waals surface area contributed by atoms with Gasteiger partial charge in [-0.15, -0.1) is 13.2 Å². The number of carbonyl (C=O) groups excluding carboxylic acids is 1. The molecule has 2 aliphatic heterocycles. The van der Waals surface area contributed by atoms with E-state index in [9.17, 15) is 18.0 Å². The first-order valence-corrected chi connectivity index (χ1v) is 14.0.